The zero-order chi connectivity index (χ0) is 21.3. The van der Waals surface area contributed by atoms with Gasteiger partial charge in [0.05, 0.1) is 27.2 Å². The van der Waals surface area contributed by atoms with Gasteiger partial charge in [0.1, 0.15) is 0 Å². The van der Waals surface area contributed by atoms with Crippen molar-refractivity contribution in [3.63, 3.8) is 0 Å². The van der Waals surface area contributed by atoms with Crippen LogP contribution in [0, 0.1) is 5.92 Å². The molecule has 0 unspecified atom stereocenters. The van der Waals surface area contributed by atoms with Gasteiger partial charge in [0, 0.05) is 39.1 Å². The van der Waals surface area contributed by atoms with Crippen LogP contribution < -0.4 is 4.90 Å². The third-order valence-corrected chi connectivity index (χ3v) is 6.25. The predicted octanol–water partition coefficient (Wildman–Crippen LogP) is 3.33. The van der Waals surface area contributed by atoms with E-state index in [9.17, 15) is 14.4 Å². The smallest absolute Gasteiger partial charge is 0.255 e. The number of nitrogens with zero attached hydrogens (tertiary/aromatic N) is 3. The fourth-order valence-corrected chi connectivity index (χ4v) is 4.42. The molecule has 1 atom stereocenters. The number of halogens is 2. The molecule has 2 aliphatic heterocycles. The molecule has 4 rings (SSSR count). The second-order valence-corrected chi connectivity index (χ2v) is 8.27. The largest absolute Gasteiger partial charge is 0.339 e. The van der Waals surface area contributed by atoms with E-state index in [1.807, 2.05) is 6.07 Å². The summed E-state index contributed by atoms with van der Waals surface area (Å²) in [5.41, 5.74) is 1.10. The van der Waals surface area contributed by atoms with Crippen LogP contribution in [0.3, 0.4) is 0 Å². The molecule has 30 heavy (non-hydrogen) atoms. The van der Waals surface area contributed by atoms with Gasteiger partial charge < -0.3 is 14.7 Å². The summed E-state index contributed by atoms with van der Waals surface area (Å²) < 4.78 is 0. The lowest BCUT2D eigenvalue weighted by molar-refractivity contribution is -0.137. The molecule has 2 aromatic rings. The number of amides is 3. The monoisotopic (exact) mass is 445 g/mol. The Balaban J connectivity index is 1.37. The Morgan fingerprint density at radius 1 is 0.833 bits per heavy atom. The zero-order valence-corrected chi connectivity index (χ0v) is 17.8. The Labute approximate surface area is 184 Å². The second-order valence-electron chi connectivity index (χ2n) is 7.45. The lowest BCUT2D eigenvalue weighted by atomic mass is 10.1. The van der Waals surface area contributed by atoms with Crippen LogP contribution >= 0.6 is 23.2 Å². The summed E-state index contributed by atoms with van der Waals surface area (Å²) >= 11 is 12.4. The van der Waals surface area contributed by atoms with Gasteiger partial charge in [0.25, 0.3) is 5.91 Å². The molecular formula is C22H21Cl2N3O3. The van der Waals surface area contributed by atoms with Crippen LogP contribution in [0.4, 0.5) is 5.69 Å². The topological polar surface area (TPSA) is 60.9 Å². The molecule has 2 aromatic carbocycles. The summed E-state index contributed by atoms with van der Waals surface area (Å²) in [6.07, 6.45) is 0.169. The molecule has 0 aliphatic carbocycles. The third-order valence-electron chi connectivity index (χ3n) is 5.60. The van der Waals surface area contributed by atoms with Crippen LogP contribution in [0.5, 0.6) is 0 Å². The van der Waals surface area contributed by atoms with Gasteiger partial charge in [-0.1, -0.05) is 47.5 Å². The van der Waals surface area contributed by atoms with Gasteiger partial charge in [0.15, 0.2) is 0 Å². The molecule has 2 saturated heterocycles. The Morgan fingerprint density at radius 2 is 1.43 bits per heavy atom. The number of carbonyl (C=O) groups is 3. The van der Waals surface area contributed by atoms with Crippen molar-refractivity contribution in [2.75, 3.05) is 37.6 Å². The second kappa shape index (κ2) is 8.66. The SMILES string of the molecule is O=C(c1ccccc1Cl)N1CCN(C(=O)[C@H]2CC(=O)N(c3ccccc3Cl)C2)CC1. The van der Waals surface area contributed by atoms with Crippen LogP contribution in [0.2, 0.25) is 10.0 Å². The molecule has 0 saturated carbocycles. The van der Waals surface area contributed by atoms with Crippen LogP contribution in [0.25, 0.3) is 0 Å². The number of anilines is 1. The highest BCUT2D eigenvalue weighted by molar-refractivity contribution is 6.34. The van der Waals surface area contributed by atoms with Crippen molar-refractivity contribution in [2.45, 2.75) is 6.42 Å². The van der Waals surface area contributed by atoms with Gasteiger partial charge in [-0.05, 0) is 24.3 Å². The molecule has 0 bridgehead atoms. The van der Waals surface area contributed by atoms with E-state index < -0.39 is 5.92 Å². The fourth-order valence-electron chi connectivity index (χ4n) is 3.97. The van der Waals surface area contributed by atoms with Crippen molar-refractivity contribution >= 4 is 46.6 Å². The molecule has 8 heteroatoms. The van der Waals surface area contributed by atoms with Crippen molar-refractivity contribution in [3.05, 3.63) is 64.1 Å². The third kappa shape index (κ3) is 4.02. The molecule has 0 aromatic heterocycles. The minimum Gasteiger partial charge on any atom is -0.339 e. The lowest BCUT2D eigenvalue weighted by Crippen LogP contribution is -2.52. The van der Waals surface area contributed by atoms with E-state index in [1.165, 1.54) is 0 Å². The quantitative estimate of drug-likeness (QED) is 0.727. The number of hydrogen-bond donors (Lipinski definition) is 0. The molecule has 156 valence electrons. The van der Waals surface area contributed by atoms with E-state index in [1.54, 1.807) is 57.2 Å². The number of hydrogen-bond acceptors (Lipinski definition) is 3. The maximum absolute atomic E-state index is 13.0. The Bertz CT molecular complexity index is 989. The van der Waals surface area contributed by atoms with E-state index >= 15 is 0 Å². The number of carbonyl (C=O) groups excluding carboxylic acids is 3. The van der Waals surface area contributed by atoms with Crippen LogP contribution in [-0.4, -0.2) is 60.2 Å². The molecular weight excluding hydrogens is 425 g/mol. The van der Waals surface area contributed by atoms with Crippen LogP contribution in [0.15, 0.2) is 48.5 Å². The summed E-state index contributed by atoms with van der Waals surface area (Å²) in [4.78, 5) is 43.2. The summed E-state index contributed by atoms with van der Waals surface area (Å²) in [5, 5.41) is 0.913. The molecule has 6 nitrogen and oxygen atoms in total. The number of rotatable bonds is 3. The first-order chi connectivity index (χ1) is 14.5. The van der Waals surface area contributed by atoms with Gasteiger partial charge in [-0.3, -0.25) is 14.4 Å². The summed E-state index contributed by atoms with van der Waals surface area (Å²) in [7, 11) is 0. The molecule has 2 fully saturated rings. The summed E-state index contributed by atoms with van der Waals surface area (Å²) in [6.45, 7) is 2.06. The van der Waals surface area contributed by atoms with Crippen LogP contribution in [-0.2, 0) is 9.59 Å². The van der Waals surface area contributed by atoms with Gasteiger partial charge in [-0.15, -0.1) is 0 Å². The highest BCUT2D eigenvalue weighted by Crippen LogP contribution is 2.31. The minimum absolute atomic E-state index is 0.0530. The summed E-state index contributed by atoms with van der Waals surface area (Å²) in [5.74, 6) is -0.690. The van der Waals surface area contributed by atoms with E-state index in [-0.39, 0.29) is 24.1 Å². The molecule has 0 spiro atoms. The average Bonchev–Trinajstić information content (AvgIpc) is 3.15. The molecule has 2 aliphatic rings. The van der Waals surface area contributed by atoms with Crippen molar-refractivity contribution in [3.8, 4) is 0 Å². The van der Waals surface area contributed by atoms with E-state index in [0.29, 0.717) is 54.0 Å². The van der Waals surface area contributed by atoms with Gasteiger partial charge in [-0.2, -0.15) is 0 Å². The minimum atomic E-state index is -0.403. The molecule has 0 N–H and O–H groups in total. The van der Waals surface area contributed by atoms with E-state index in [0.717, 1.165) is 0 Å². The van der Waals surface area contributed by atoms with Gasteiger partial charge >= 0.3 is 0 Å². The Morgan fingerprint density at radius 3 is 2.10 bits per heavy atom. The molecule has 0 radical (unpaired) electrons. The van der Waals surface area contributed by atoms with Crippen molar-refractivity contribution in [2.24, 2.45) is 5.92 Å². The summed E-state index contributed by atoms with van der Waals surface area (Å²) in [6, 6.07) is 14.1. The first-order valence-corrected chi connectivity index (χ1v) is 10.6. The first kappa shape index (κ1) is 20.7. The van der Waals surface area contributed by atoms with Crippen molar-refractivity contribution in [1.29, 1.82) is 0 Å². The molecule has 2 heterocycles. The lowest BCUT2D eigenvalue weighted by Gasteiger charge is -2.36. The highest BCUT2D eigenvalue weighted by Gasteiger charge is 2.38. The normalized spacial score (nSPS) is 19.3. The first-order valence-electron chi connectivity index (χ1n) is 9.83. The van der Waals surface area contributed by atoms with Gasteiger partial charge in [-0.25, -0.2) is 0 Å². The number of benzene rings is 2. The maximum atomic E-state index is 13.0. The van der Waals surface area contributed by atoms with Crippen LogP contribution in [0.1, 0.15) is 16.8 Å². The Hall–Kier alpha value is -2.57. The fraction of sp³-hybridized carbons (Fsp3) is 0.318. The average molecular weight is 446 g/mol. The zero-order valence-electron chi connectivity index (χ0n) is 16.3. The van der Waals surface area contributed by atoms with Crippen molar-refractivity contribution in [1.82, 2.24) is 9.80 Å². The predicted molar refractivity (Wildman–Crippen MR) is 116 cm³/mol. The maximum Gasteiger partial charge on any atom is 0.255 e. The Kier molecular flexibility index (Phi) is 5.97. The number of para-hydroxylation sites is 1. The molecule has 3 amide bonds. The standard InChI is InChI=1S/C22H21Cl2N3O3/c23-17-6-2-1-5-16(17)22(30)26-11-9-25(10-12-26)21(29)15-13-20(28)27(14-15)19-8-4-3-7-18(19)24/h1-8,15H,9-14H2/t15-/m0/s1. The van der Waals surface area contributed by atoms with E-state index in [2.05, 4.69) is 0 Å². The number of piperazine rings is 1. The van der Waals surface area contributed by atoms with Crippen molar-refractivity contribution < 1.29 is 14.4 Å². The highest BCUT2D eigenvalue weighted by atomic mass is 35.5. The van der Waals surface area contributed by atoms with E-state index in [4.69, 9.17) is 23.2 Å². The van der Waals surface area contributed by atoms with Gasteiger partial charge in [0.2, 0.25) is 11.8 Å².